The fraction of sp³-hybridized carbons (Fsp3) is 0.190. The molecular weight excluding hydrogens is 377 g/mol. The van der Waals surface area contributed by atoms with E-state index in [0.717, 1.165) is 5.56 Å². The van der Waals surface area contributed by atoms with Crippen molar-refractivity contribution in [2.24, 2.45) is 0 Å². The molecule has 1 aromatic carbocycles. The van der Waals surface area contributed by atoms with Gasteiger partial charge in [-0.3, -0.25) is 14.6 Å². The molecule has 3 aromatic rings. The van der Waals surface area contributed by atoms with Crippen molar-refractivity contribution < 1.29 is 19.0 Å². The Hall–Kier alpha value is -3.68. The summed E-state index contributed by atoms with van der Waals surface area (Å²) in [6.07, 6.45) is 1.63. The summed E-state index contributed by atoms with van der Waals surface area (Å²) in [4.78, 5) is 30.8. The molecular formula is C21H18FN3O4. The Bertz CT molecular complexity index is 1100. The summed E-state index contributed by atoms with van der Waals surface area (Å²) in [6, 6.07) is 12.4. The average molecular weight is 395 g/mol. The molecule has 0 atom stereocenters. The Morgan fingerprint density at radius 1 is 1.10 bits per heavy atom. The zero-order valence-electron chi connectivity index (χ0n) is 15.4. The number of carbonyl (C=O) groups excluding carboxylic acids is 1. The lowest BCUT2D eigenvalue weighted by atomic mass is 10.1. The first-order valence-electron chi connectivity index (χ1n) is 9.06. The molecule has 1 amide bonds. The van der Waals surface area contributed by atoms with Gasteiger partial charge >= 0.3 is 0 Å². The van der Waals surface area contributed by atoms with Crippen molar-refractivity contribution in [1.82, 2.24) is 14.5 Å². The minimum atomic E-state index is -0.691. The molecule has 0 bridgehead atoms. The standard InChI is InChI=1S/C21H18FN3O4/c22-15-6-4-14(5-7-15)12-24-9-10-25-18(29-13-16-3-1-2-8-23-16)11-17(26)20(27)19(25)21(24)28/h1-8,11,27H,9-10,12-13H2. The van der Waals surface area contributed by atoms with E-state index in [-0.39, 0.29) is 30.5 Å². The van der Waals surface area contributed by atoms with Crippen LogP contribution in [0.5, 0.6) is 11.6 Å². The fourth-order valence-corrected chi connectivity index (χ4v) is 3.24. The van der Waals surface area contributed by atoms with Gasteiger partial charge in [-0.05, 0) is 29.8 Å². The van der Waals surface area contributed by atoms with Gasteiger partial charge in [0.1, 0.15) is 12.4 Å². The number of carbonyl (C=O) groups is 1. The second kappa shape index (κ2) is 7.75. The number of halogens is 1. The van der Waals surface area contributed by atoms with Gasteiger partial charge in [0.05, 0.1) is 5.69 Å². The maximum Gasteiger partial charge on any atom is 0.274 e. The van der Waals surface area contributed by atoms with Crippen molar-refractivity contribution in [1.29, 1.82) is 0 Å². The van der Waals surface area contributed by atoms with E-state index < -0.39 is 17.1 Å². The molecule has 1 aliphatic rings. The van der Waals surface area contributed by atoms with E-state index in [1.54, 1.807) is 30.5 Å². The normalized spacial score (nSPS) is 13.3. The van der Waals surface area contributed by atoms with Crippen molar-refractivity contribution in [2.45, 2.75) is 19.7 Å². The lowest BCUT2D eigenvalue weighted by molar-refractivity contribution is 0.0674. The number of amides is 1. The first-order chi connectivity index (χ1) is 14.0. The summed E-state index contributed by atoms with van der Waals surface area (Å²) in [5.74, 6) is -1.26. The van der Waals surface area contributed by atoms with Gasteiger partial charge in [0.2, 0.25) is 5.43 Å². The predicted molar refractivity (Wildman–Crippen MR) is 102 cm³/mol. The van der Waals surface area contributed by atoms with Gasteiger partial charge in [-0.25, -0.2) is 4.39 Å². The zero-order chi connectivity index (χ0) is 20.4. The van der Waals surface area contributed by atoms with Crippen LogP contribution in [0.25, 0.3) is 0 Å². The average Bonchev–Trinajstić information content (AvgIpc) is 2.73. The molecule has 148 valence electrons. The molecule has 1 aliphatic heterocycles. The van der Waals surface area contributed by atoms with Gasteiger partial charge in [0, 0.05) is 31.9 Å². The minimum Gasteiger partial charge on any atom is -0.503 e. The molecule has 0 radical (unpaired) electrons. The monoisotopic (exact) mass is 395 g/mol. The molecule has 0 unspecified atom stereocenters. The highest BCUT2D eigenvalue weighted by molar-refractivity contribution is 5.96. The number of hydrogen-bond acceptors (Lipinski definition) is 5. The van der Waals surface area contributed by atoms with E-state index in [1.807, 2.05) is 6.07 Å². The Morgan fingerprint density at radius 3 is 2.62 bits per heavy atom. The smallest absolute Gasteiger partial charge is 0.274 e. The Kier molecular flexibility index (Phi) is 4.99. The third-order valence-electron chi connectivity index (χ3n) is 4.71. The molecule has 4 rings (SSSR count). The summed E-state index contributed by atoms with van der Waals surface area (Å²) in [5.41, 5.74) is 0.617. The molecule has 0 saturated carbocycles. The van der Waals surface area contributed by atoms with Gasteiger partial charge in [0.15, 0.2) is 17.3 Å². The highest BCUT2D eigenvalue weighted by Crippen LogP contribution is 2.26. The van der Waals surface area contributed by atoms with Crippen LogP contribution in [0.2, 0.25) is 0 Å². The fourth-order valence-electron chi connectivity index (χ4n) is 3.24. The van der Waals surface area contributed by atoms with Crippen molar-refractivity contribution in [3.8, 4) is 11.6 Å². The van der Waals surface area contributed by atoms with Crippen molar-refractivity contribution >= 4 is 5.91 Å². The van der Waals surface area contributed by atoms with Crippen molar-refractivity contribution in [3.63, 3.8) is 0 Å². The second-order valence-corrected chi connectivity index (χ2v) is 6.66. The van der Waals surface area contributed by atoms with Crippen molar-refractivity contribution in [2.75, 3.05) is 6.54 Å². The number of pyridine rings is 2. The van der Waals surface area contributed by atoms with E-state index in [1.165, 1.54) is 27.7 Å². The van der Waals surface area contributed by atoms with E-state index in [9.17, 15) is 19.1 Å². The van der Waals surface area contributed by atoms with Gasteiger partial charge < -0.3 is 19.3 Å². The van der Waals surface area contributed by atoms with E-state index >= 15 is 0 Å². The number of ether oxygens (including phenoxy) is 1. The van der Waals surface area contributed by atoms with Crippen LogP contribution in [0.3, 0.4) is 0 Å². The largest absolute Gasteiger partial charge is 0.503 e. The van der Waals surface area contributed by atoms with Crippen LogP contribution in [0.15, 0.2) is 59.5 Å². The summed E-state index contributed by atoms with van der Waals surface area (Å²) in [5, 5.41) is 10.2. The summed E-state index contributed by atoms with van der Waals surface area (Å²) >= 11 is 0. The Balaban J connectivity index is 1.61. The van der Waals surface area contributed by atoms with Crippen molar-refractivity contribution in [3.05, 3.63) is 87.7 Å². The van der Waals surface area contributed by atoms with Gasteiger partial charge in [-0.1, -0.05) is 18.2 Å². The summed E-state index contributed by atoms with van der Waals surface area (Å²) in [6.45, 7) is 1.06. The number of rotatable bonds is 5. The van der Waals surface area contributed by atoms with Crippen LogP contribution in [-0.2, 0) is 19.7 Å². The number of fused-ring (bicyclic) bond motifs is 1. The van der Waals surface area contributed by atoms with E-state index in [4.69, 9.17) is 4.74 Å². The number of aromatic nitrogens is 2. The Morgan fingerprint density at radius 2 is 1.90 bits per heavy atom. The molecule has 8 heteroatoms. The first-order valence-corrected chi connectivity index (χ1v) is 9.06. The first kappa shape index (κ1) is 18.7. The molecule has 7 nitrogen and oxygen atoms in total. The van der Waals surface area contributed by atoms with E-state index in [2.05, 4.69) is 4.98 Å². The third-order valence-corrected chi connectivity index (χ3v) is 4.71. The van der Waals surface area contributed by atoms with Crippen LogP contribution in [0.1, 0.15) is 21.7 Å². The highest BCUT2D eigenvalue weighted by Gasteiger charge is 2.30. The molecule has 0 spiro atoms. The molecule has 0 fully saturated rings. The van der Waals surface area contributed by atoms with Crippen LogP contribution in [-0.4, -0.2) is 32.0 Å². The van der Waals surface area contributed by atoms with Crippen LogP contribution in [0, 0.1) is 5.82 Å². The predicted octanol–water partition coefficient (Wildman–Crippen LogP) is 2.32. The number of benzene rings is 1. The number of nitrogens with zero attached hydrogens (tertiary/aromatic N) is 3. The highest BCUT2D eigenvalue weighted by atomic mass is 19.1. The number of hydrogen-bond donors (Lipinski definition) is 1. The lowest BCUT2D eigenvalue weighted by Gasteiger charge is -2.31. The SMILES string of the molecule is O=C1c2c(O)c(=O)cc(OCc3ccccn3)n2CCN1Cc1ccc(F)cc1. The zero-order valence-corrected chi connectivity index (χ0v) is 15.4. The molecule has 0 aliphatic carbocycles. The maximum atomic E-state index is 13.1. The minimum absolute atomic E-state index is 0.109. The van der Waals surface area contributed by atoms with Crippen LogP contribution >= 0.6 is 0 Å². The summed E-state index contributed by atoms with van der Waals surface area (Å²) < 4.78 is 20.3. The van der Waals surface area contributed by atoms with Crippen LogP contribution in [0.4, 0.5) is 4.39 Å². The van der Waals surface area contributed by atoms with Gasteiger partial charge in [-0.15, -0.1) is 0 Å². The topological polar surface area (TPSA) is 84.7 Å². The van der Waals surface area contributed by atoms with E-state index in [0.29, 0.717) is 18.8 Å². The molecule has 29 heavy (non-hydrogen) atoms. The molecule has 2 aromatic heterocycles. The molecule has 3 heterocycles. The lowest BCUT2D eigenvalue weighted by Crippen LogP contribution is -2.41. The quantitative estimate of drug-likeness (QED) is 0.717. The second-order valence-electron chi connectivity index (χ2n) is 6.66. The number of aromatic hydroxyl groups is 1. The van der Waals surface area contributed by atoms with Gasteiger partial charge in [-0.2, -0.15) is 0 Å². The summed E-state index contributed by atoms with van der Waals surface area (Å²) in [7, 11) is 0. The maximum absolute atomic E-state index is 13.1. The van der Waals surface area contributed by atoms with Gasteiger partial charge in [0.25, 0.3) is 5.91 Å². The van der Waals surface area contributed by atoms with Crippen LogP contribution < -0.4 is 10.2 Å². The third kappa shape index (κ3) is 3.82. The molecule has 0 saturated heterocycles. The Labute approximate surface area is 165 Å². The molecule has 1 N–H and O–H groups in total.